The van der Waals surface area contributed by atoms with Gasteiger partial charge in [0.15, 0.2) is 5.78 Å². The molecule has 0 atom stereocenters. The van der Waals surface area contributed by atoms with Gasteiger partial charge in [-0.15, -0.1) is 0 Å². The number of primary amides is 1. The Balaban J connectivity index is 2.00. The minimum absolute atomic E-state index is 0.00489. The Morgan fingerprint density at radius 2 is 1.75 bits per heavy atom. The predicted molar refractivity (Wildman–Crippen MR) is 92.4 cm³/mol. The number of carbonyl (C=O) groups is 3. The number of nitrogens with two attached hydrogens (primary N) is 1. The van der Waals surface area contributed by atoms with Crippen molar-refractivity contribution in [2.24, 2.45) is 5.73 Å². The average molecular weight is 391 g/mol. The van der Waals surface area contributed by atoms with Gasteiger partial charge in [0, 0.05) is 11.1 Å². The summed E-state index contributed by atoms with van der Waals surface area (Å²) in [6.45, 7) is 0.240. The number of halogens is 1. The van der Waals surface area contributed by atoms with E-state index < -0.39 is 11.9 Å². The molecule has 3 N–H and O–H groups in total. The summed E-state index contributed by atoms with van der Waals surface area (Å²) in [5.41, 5.74) is 6.60. The molecule has 0 unspecified atom stereocenters. The van der Waals surface area contributed by atoms with Crippen LogP contribution in [0, 0.1) is 0 Å². The van der Waals surface area contributed by atoms with Crippen LogP contribution in [0.5, 0.6) is 5.75 Å². The molecular formula is C17H15BrN2O4. The highest BCUT2D eigenvalue weighted by Gasteiger charge is 2.08. The number of urea groups is 1. The van der Waals surface area contributed by atoms with Crippen LogP contribution < -0.4 is 15.8 Å². The van der Waals surface area contributed by atoms with Gasteiger partial charge in [-0.1, -0.05) is 28.1 Å². The number of amides is 3. The van der Waals surface area contributed by atoms with Gasteiger partial charge in [-0.3, -0.25) is 14.9 Å². The summed E-state index contributed by atoms with van der Waals surface area (Å²) in [7, 11) is 0. The lowest BCUT2D eigenvalue weighted by Gasteiger charge is -2.08. The Labute approximate surface area is 147 Å². The van der Waals surface area contributed by atoms with Crippen molar-refractivity contribution in [3.05, 3.63) is 65.2 Å². The van der Waals surface area contributed by atoms with Crippen LogP contribution in [0.25, 0.3) is 0 Å². The molecule has 0 saturated carbocycles. The second-order valence-electron chi connectivity index (χ2n) is 4.89. The van der Waals surface area contributed by atoms with Crippen molar-refractivity contribution in [1.29, 1.82) is 0 Å². The molecule has 24 heavy (non-hydrogen) atoms. The molecule has 0 spiro atoms. The first-order valence-corrected chi connectivity index (χ1v) is 8.13. The van der Waals surface area contributed by atoms with Gasteiger partial charge in [-0.25, -0.2) is 4.79 Å². The van der Waals surface area contributed by atoms with Crippen LogP contribution in [0.1, 0.15) is 26.3 Å². The van der Waals surface area contributed by atoms with E-state index in [1.165, 1.54) is 0 Å². The van der Waals surface area contributed by atoms with E-state index in [9.17, 15) is 14.4 Å². The molecule has 7 heteroatoms. The van der Waals surface area contributed by atoms with Crippen LogP contribution in [0.15, 0.2) is 48.5 Å². The zero-order valence-electron chi connectivity index (χ0n) is 12.6. The Kier molecular flexibility index (Phi) is 6.08. The molecule has 0 bridgehead atoms. The third-order valence-corrected chi connectivity index (χ3v) is 3.64. The normalized spacial score (nSPS) is 10.0. The summed E-state index contributed by atoms with van der Waals surface area (Å²) >= 11 is 3.12. The highest BCUT2D eigenvalue weighted by Crippen LogP contribution is 2.15. The Morgan fingerprint density at radius 1 is 1.04 bits per heavy atom. The minimum atomic E-state index is -0.903. The van der Waals surface area contributed by atoms with Crippen molar-refractivity contribution in [2.75, 3.05) is 5.33 Å². The molecule has 6 nitrogen and oxygen atoms in total. The number of Topliss-reactive ketones (excluding diaryl/α,β-unsaturated/α-hetero) is 1. The monoisotopic (exact) mass is 390 g/mol. The van der Waals surface area contributed by atoms with E-state index in [0.29, 0.717) is 16.9 Å². The number of imide groups is 1. The summed E-state index contributed by atoms with van der Waals surface area (Å²) in [5.74, 6) is 0.0322. The lowest BCUT2D eigenvalue weighted by Crippen LogP contribution is -2.34. The smallest absolute Gasteiger partial charge is 0.319 e. The molecule has 0 aliphatic rings. The maximum absolute atomic E-state index is 11.7. The van der Waals surface area contributed by atoms with Gasteiger partial charge >= 0.3 is 6.03 Å². The van der Waals surface area contributed by atoms with Gasteiger partial charge in [0.2, 0.25) is 0 Å². The van der Waals surface area contributed by atoms with Crippen LogP contribution in [-0.2, 0) is 6.61 Å². The summed E-state index contributed by atoms with van der Waals surface area (Å²) in [4.78, 5) is 34.0. The van der Waals surface area contributed by atoms with Crippen LogP contribution in [0.4, 0.5) is 4.79 Å². The van der Waals surface area contributed by atoms with Crippen molar-refractivity contribution in [3.63, 3.8) is 0 Å². The fourth-order valence-electron chi connectivity index (χ4n) is 1.97. The third kappa shape index (κ3) is 4.92. The van der Waals surface area contributed by atoms with E-state index in [4.69, 9.17) is 10.5 Å². The van der Waals surface area contributed by atoms with E-state index in [1.54, 1.807) is 48.5 Å². The van der Waals surface area contributed by atoms with Gasteiger partial charge in [0.25, 0.3) is 5.91 Å². The number of rotatable bonds is 6. The van der Waals surface area contributed by atoms with Gasteiger partial charge < -0.3 is 10.5 Å². The average Bonchev–Trinajstić information content (AvgIpc) is 2.59. The molecule has 3 amide bonds. The number of carbonyl (C=O) groups excluding carboxylic acids is 3. The molecule has 2 rings (SSSR count). The molecule has 0 saturated heterocycles. The predicted octanol–water partition coefficient (Wildman–Crippen LogP) is 2.65. The fraction of sp³-hybridized carbons (Fsp3) is 0.118. The number of hydrogen-bond donors (Lipinski definition) is 2. The Morgan fingerprint density at radius 3 is 2.38 bits per heavy atom. The maximum atomic E-state index is 11.7. The lowest BCUT2D eigenvalue weighted by atomic mass is 10.1. The zero-order valence-corrected chi connectivity index (χ0v) is 14.2. The molecule has 124 valence electrons. The van der Waals surface area contributed by atoms with Gasteiger partial charge in [0.1, 0.15) is 12.4 Å². The van der Waals surface area contributed by atoms with E-state index in [2.05, 4.69) is 15.9 Å². The van der Waals surface area contributed by atoms with Gasteiger partial charge in [-0.05, 0) is 42.0 Å². The van der Waals surface area contributed by atoms with E-state index in [0.717, 1.165) is 5.56 Å². The summed E-state index contributed by atoms with van der Waals surface area (Å²) in [6, 6.07) is 12.6. The van der Waals surface area contributed by atoms with Crippen LogP contribution in [0.3, 0.4) is 0 Å². The summed E-state index contributed by atoms with van der Waals surface area (Å²) in [5, 5.41) is 2.28. The topological polar surface area (TPSA) is 98.5 Å². The van der Waals surface area contributed by atoms with Crippen molar-refractivity contribution >= 4 is 33.7 Å². The standard InChI is InChI=1S/C17H15BrN2O4/c18-9-15(21)12-4-6-14(7-5-12)24-10-11-2-1-3-13(8-11)16(22)20-17(19)23/h1-8H,9-10H2,(H3,19,20,22,23). The second-order valence-corrected chi connectivity index (χ2v) is 5.45. The molecule has 2 aromatic carbocycles. The first-order valence-electron chi connectivity index (χ1n) is 7.01. The van der Waals surface area contributed by atoms with E-state index in [-0.39, 0.29) is 17.7 Å². The number of alkyl halides is 1. The number of ketones is 1. The number of nitrogens with one attached hydrogen (secondary N) is 1. The summed E-state index contributed by atoms with van der Waals surface area (Å²) < 4.78 is 5.63. The third-order valence-electron chi connectivity index (χ3n) is 3.13. The zero-order chi connectivity index (χ0) is 17.5. The molecule has 0 heterocycles. The molecule has 2 aromatic rings. The summed E-state index contributed by atoms with van der Waals surface area (Å²) in [6.07, 6.45) is 0. The van der Waals surface area contributed by atoms with Crippen LogP contribution in [0.2, 0.25) is 0 Å². The molecule has 0 aliphatic heterocycles. The van der Waals surface area contributed by atoms with Gasteiger partial charge in [-0.2, -0.15) is 0 Å². The SMILES string of the molecule is NC(=O)NC(=O)c1cccc(COc2ccc(C(=O)CBr)cc2)c1. The number of benzene rings is 2. The first kappa shape index (κ1) is 17.7. The van der Waals surface area contributed by atoms with Crippen LogP contribution >= 0.6 is 15.9 Å². The first-order chi connectivity index (χ1) is 11.5. The highest BCUT2D eigenvalue weighted by molar-refractivity contribution is 9.09. The molecule has 0 aliphatic carbocycles. The van der Waals surface area contributed by atoms with Gasteiger partial charge in [0.05, 0.1) is 5.33 Å². The molecular weight excluding hydrogens is 376 g/mol. The Hall–Kier alpha value is -2.67. The van der Waals surface area contributed by atoms with Crippen molar-refractivity contribution < 1.29 is 19.1 Å². The molecule has 0 radical (unpaired) electrons. The second kappa shape index (κ2) is 8.26. The Bertz CT molecular complexity index is 759. The highest BCUT2D eigenvalue weighted by atomic mass is 79.9. The molecule has 0 fully saturated rings. The minimum Gasteiger partial charge on any atom is -0.489 e. The number of ether oxygens (including phenoxy) is 1. The quantitative estimate of drug-likeness (QED) is 0.584. The maximum Gasteiger partial charge on any atom is 0.319 e. The van der Waals surface area contributed by atoms with Crippen LogP contribution in [-0.4, -0.2) is 23.1 Å². The van der Waals surface area contributed by atoms with E-state index >= 15 is 0 Å². The lowest BCUT2D eigenvalue weighted by molar-refractivity contribution is 0.0964. The van der Waals surface area contributed by atoms with Crippen molar-refractivity contribution in [2.45, 2.75) is 6.61 Å². The van der Waals surface area contributed by atoms with E-state index in [1.807, 2.05) is 5.32 Å². The van der Waals surface area contributed by atoms with Crippen molar-refractivity contribution in [1.82, 2.24) is 5.32 Å². The van der Waals surface area contributed by atoms with Crippen molar-refractivity contribution in [3.8, 4) is 5.75 Å². The molecule has 0 aromatic heterocycles. The number of hydrogen-bond acceptors (Lipinski definition) is 4. The fourth-order valence-corrected chi connectivity index (χ4v) is 2.29. The largest absolute Gasteiger partial charge is 0.489 e.